The number of carbonyl (C=O) groups excluding carboxylic acids is 1. The van der Waals surface area contributed by atoms with Crippen LogP contribution < -0.4 is 5.73 Å². The number of likely N-dealkylation sites (tertiary alicyclic amines) is 1. The van der Waals surface area contributed by atoms with E-state index in [1.807, 2.05) is 0 Å². The van der Waals surface area contributed by atoms with Crippen LogP contribution in [0, 0.1) is 22.7 Å². The molecule has 29 heavy (non-hydrogen) atoms. The summed E-state index contributed by atoms with van der Waals surface area (Å²) in [7, 11) is 0. The van der Waals surface area contributed by atoms with Gasteiger partial charge in [-0.2, -0.15) is 11.8 Å². The Morgan fingerprint density at radius 1 is 1.10 bits per heavy atom. The van der Waals surface area contributed by atoms with E-state index in [9.17, 15) is 4.79 Å². The van der Waals surface area contributed by atoms with Gasteiger partial charge in [0.05, 0.1) is 5.41 Å². The van der Waals surface area contributed by atoms with Gasteiger partial charge in [-0.05, 0) is 73.0 Å². The highest BCUT2D eigenvalue weighted by Crippen LogP contribution is 2.68. The lowest BCUT2D eigenvalue weighted by Crippen LogP contribution is -2.65. The second-order valence-electron chi connectivity index (χ2n) is 11.3. The van der Waals surface area contributed by atoms with Crippen LogP contribution in [0.15, 0.2) is 30.3 Å². The van der Waals surface area contributed by atoms with Crippen LogP contribution in [-0.4, -0.2) is 41.4 Å². The van der Waals surface area contributed by atoms with Crippen molar-refractivity contribution in [3.05, 3.63) is 35.9 Å². The SMILES string of the molecule is CSC1C2CC3(C(=O)N4CC[C@H](N)C(C)(C)C4)CC1CC(c1ccccc1)(C2)C3. The number of hydrogen-bond acceptors (Lipinski definition) is 3. The number of thioether (sulfide) groups is 1. The molecule has 1 aliphatic heterocycles. The van der Waals surface area contributed by atoms with Crippen LogP contribution in [0.4, 0.5) is 0 Å². The zero-order valence-corrected chi connectivity index (χ0v) is 19.0. The molecule has 0 radical (unpaired) electrons. The fourth-order valence-electron chi connectivity index (χ4n) is 7.75. The number of nitrogens with zero attached hydrogens (tertiary/aromatic N) is 1. The summed E-state index contributed by atoms with van der Waals surface area (Å²) in [6.07, 6.45) is 9.01. The van der Waals surface area contributed by atoms with E-state index in [1.165, 1.54) is 18.4 Å². The molecule has 4 aliphatic carbocycles. The molecule has 3 nitrogen and oxygen atoms in total. The zero-order chi connectivity index (χ0) is 20.4. The predicted octanol–water partition coefficient (Wildman–Crippen LogP) is 4.45. The van der Waals surface area contributed by atoms with Gasteiger partial charge in [0, 0.05) is 24.4 Å². The van der Waals surface area contributed by atoms with Gasteiger partial charge in [0.2, 0.25) is 5.91 Å². The van der Waals surface area contributed by atoms with E-state index in [-0.39, 0.29) is 22.3 Å². The molecule has 158 valence electrons. The fraction of sp³-hybridized carbons (Fsp3) is 0.720. The molecule has 4 bridgehead atoms. The number of piperidine rings is 1. The highest BCUT2D eigenvalue weighted by Gasteiger charge is 2.64. The summed E-state index contributed by atoms with van der Waals surface area (Å²) in [5.74, 6) is 1.80. The third-order valence-electron chi connectivity index (χ3n) is 8.93. The van der Waals surface area contributed by atoms with Gasteiger partial charge < -0.3 is 10.6 Å². The normalized spacial score (nSPS) is 42.8. The van der Waals surface area contributed by atoms with Crippen LogP contribution in [-0.2, 0) is 10.2 Å². The number of carbonyl (C=O) groups is 1. The quantitative estimate of drug-likeness (QED) is 0.798. The van der Waals surface area contributed by atoms with Crippen molar-refractivity contribution in [2.75, 3.05) is 19.3 Å². The fourth-order valence-corrected chi connectivity index (χ4v) is 8.91. The van der Waals surface area contributed by atoms with Crippen molar-refractivity contribution < 1.29 is 4.79 Å². The van der Waals surface area contributed by atoms with E-state index in [0.717, 1.165) is 44.0 Å². The molecule has 5 fully saturated rings. The number of amides is 1. The molecule has 2 unspecified atom stereocenters. The average Bonchev–Trinajstić information content (AvgIpc) is 2.70. The van der Waals surface area contributed by atoms with Crippen LogP contribution in [0.3, 0.4) is 0 Å². The molecule has 4 heteroatoms. The maximum Gasteiger partial charge on any atom is 0.228 e. The second kappa shape index (κ2) is 6.75. The summed E-state index contributed by atoms with van der Waals surface area (Å²) in [4.78, 5) is 16.3. The Hall–Kier alpha value is -1.00. The molecule has 6 rings (SSSR count). The summed E-state index contributed by atoms with van der Waals surface area (Å²) < 4.78 is 0. The molecular weight excluding hydrogens is 376 g/mol. The standard InChI is InChI=1S/C25H36N2OS/c1-23(2)16-27(10-9-20(23)26)22(28)25-13-17-11-24(15-25,19-7-5-4-6-8-19)12-18(14-25)21(17)29-3/h4-8,17-18,20-21H,9-16,26H2,1-3H3/t17?,18?,20-,21?,24?,25?/m0/s1. The average molecular weight is 413 g/mol. The summed E-state index contributed by atoms with van der Waals surface area (Å²) in [6.45, 7) is 6.11. The molecule has 4 saturated carbocycles. The molecular formula is C25H36N2OS. The van der Waals surface area contributed by atoms with Crippen LogP contribution in [0.25, 0.3) is 0 Å². The van der Waals surface area contributed by atoms with E-state index < -0.39 is 0 Å². The van der Waals surface area contributed by atoms with Crippen LogP contribution in [0.1, 0.15) is 57.9 Å². The Kier molecular flexibility index (Phi) is 4.64. The molecule has 1 aromatic rings. The third-order valence-corrected chi connectivity index (χ3v) is 10.2. The van der Waals surface area contributed by atoms with Crippen LogP contribution >= 0.6 is 11.8 Å². The van der Waals surface area contributed by atoms with Crippen LogP contribution in [0.5, 0.6) is 0 Å². The van der Waals surface area contributed by atoms with Crippen molar-refractivity contribution in [3.8, 4) is 0 Å². The molecule has 1 saturated heterocycles. The highest BCUT2D eigenvalue weighted by atomic mass is 32.2. The van der Waals surface area contributed by atoms with Crippen molar-refractivity contribution in [3.63, 3.8) is 0 Å². The van der Waals surface area contributed by atoms with Crippen molar-refractivity contribution in [2.24, 2.45) is 28.4 Å². The molecule has 0 spiro atoms. The molecule has 2 N–H and O–H groups in total. The Morgan fingerprint density at radius 2 is 1.76 bits per heavy atom. The van der Waals surface area contributed by atoms with E-state index in [1.54, 1.807) is 0 Å². The van der Waals surface area contributed by atoms with Crippen molar-refractivity contribution in [1.82, 2.24) is 4.90 Å². The maximum absolute atomic E-state index is 14.1. The van der Waals surface area contributed by atoms with Gasteiger partial charge in [-0.25, -0.2) is 0 Å². The van der Waals surface area contributed by atoms with E-state index in [2.05, 4.69) is 67.1 Å². The first-order valence-corrected chi connectivity index (χ1v) is 12.7. The topological polar surface area (TPSA) is 46.3 Å². The van der Waals surface area contributed by atoms with Gasteiger partial charge in [-0.3, -0.25) is 4.79 Å². The minimum atomic E-state index is -0.147. The van der Waals surface area contributed by atoms with Gasteiger partial charge in [0.1, 0.15) is 0 Å². The number of nitrogens with two attached hydrogens (primary N) is 1. The first kappa shape index (κ1) is 19.9. The lowest BCUT2D eigenvalue weighted by atomic mass is 9.42. The van der Waals surface area contributed by atoms with Crippen molar-refractivity contribution in [1.29, 1.82) is 0 Å². The van der Waals surface area contributed by atoms with Crippen molar-refractivity contribution >= 4 is 17.7 Å². The van der Waals surface area contributed by atoms with Gasteiger partial charge in [0.25, 0.3) is 0 Å². The highest BCUT2D eigenvalue weighted by molar-refractivity contribution is 7.99. The smallest absolute Gasteiger partial charge is 0.228 e. The largest absolute Gasteiger partial charge is 0.342 e. The first-order valence-electron chi connectivity index (χ1n) is 11.4. The molecule has 3 atom stereocenters. The lowest BCUT2D eigenvalue weighted by Gasteiger charge is -2.65. The molecule has 1 amide bonds. The second-order valence-corrected chi connectivity index (χ2v) is 12.3. The minimum Gasteiger partial charge on any atom is -0.342 e. The van der Waals surface area contributed by atoms with E-state index in [4.69, 9.17) is 5.73 Å². The summed E-state index contributed by atoms with van der Waals surface area (Å²) >= 11 is 2.06. The maximum atomic E-state index is 14.1. The van der Waals surface area contributed by atoms with Crippen molar-refractivity contribution in [2.45, 2.75) is 69.1 Å². The summed E-state index contributed by atoms with van der Waals surface area (Å²) in [6, 6.07) is 11.3. The van der Waals surface area contributed by atoms with Gasteiger partial charge in [-0.1, -0.05) is 44.2 Å². The summed E-state index contributed by atoms with van der Waals surface area (Å²) in [5, 5.41) is 0.735. The van der Waals surface area contributed by atoms with Gasteiger partial charge >= 0.3 is 0 Å². The van der Waals surface area contributed by atoms with E-state index in [0.29, 0.717) is 17.7 Å². The molecule has 5 aliphatic rings. The minimum absolute atomic E-state index is 0.00906. The number of hydrogen-bond donors (Lipinski definition) is 1. The Morgan fingerprint density at radius 3 is 2.34 bits per heavy atom. The Labute approximate surface area is 180 Å². The zero-order valence-electron chi connectivity index (χ0n) is 18.2. The Balaban J connectivity index is 1.49. The molecule has 1 aromatic carbocycles. The molecule has 1 heterocycles. The summed E-state index contributed by atoms with van der Waals surface area (Å²) in [5.41, 5.74) is 7.92. The van der Waals surface area contributed by atoms with E-state index >= 15 is 0 Å². The first-order chi connectivity index (χ1) is 13.8. The predicted molar refractivity (Wildman–Crippen MR) is 121 cm³/mol. The monoisotopic (exact) mass is 412 g/mol. The molecule has 0 aromatic heterocycles. The Bertz CT molecular complexity index is 775. The number of rotatable bonds is 3. The number of benzene rings is 1. The third kappa shape index (κ3) is 3.00. The van der Waals surface area contributed by atoms with Gasteiger partial charge in [-0.15, -0.1) is 0 Å². The van der Waals surface area contributed by atoms with Crippen LogP contribution in [0.2, 0.25) is 0 Å². The van der Waals surface area contributed by atoms with Gasteiger partial charge in [0.15, 0.2) is 0 Å². The lowest BCUT2D eigenvalue weighted by molar-refractivity contribution is -0.162.